The molecule has 1 saturated heterocycles. The summed E-state index contributed by atoms with van der Waals surface area (Å²) in [4.78, 5) is 27.2. The van der Waals surface area contributed by atoms with Crippen molar-refractivity contribution in [2.45, 2.75) is 12.5 Å². The van der Waals surface area contributed by atoms with E-state index < -0.39 is 17.1 Å². The second-order valence-electron chi connectivity index (χ2n) is 4.82. The van der Waals surface area contributed by atoms with E-state index in [0.29, 0.717) is 11.3 Å². The first-order valence-electron chi connectivity index (χ1n) is 6.46. The number of H-pyrrole nitrogens is 1. The molecule has 0 spiro atoms. The van der Waals surface area contributed by atoms with E-state index in [9.17, 15) is 14.0 Å². The standard InChI is InChI=1S/C14H12ClFN2O2S/c15-12-11(8-2-1-3-9(16)6-8)13(19)18(14(20)17-12)10-4-5-21-7-10/h1-3,6,10H,4-5,7H2,(H,17,20). The quantitative estimate of drug-likeness (QED) is 0.863. The van der Waals surface area contributed by atoms with Gasteiger partial charge in [0.2, 0.25) is 0 Å². The molecule has 0 aliphatic carbocycles. The minimum absolute atomic E-state index is 0.0579. The van der Waals surface area contributed by atoms with Gasteiger partial charge in [-0.1, -0.05) is 23.7 Å². The molecule has 3 rings (SSSR count). The van der Waals surface area contributed by atoms with E-state index in [1.54, 1.807) is 17.8 Å². The van der Waals surface area contributed by atoms with E-state index in [0.717, 1.165) is 12.2 Å². The average molecular weight is 327 g/mol. The number of aromatic amines is 1. The summed E-state index contributed by atoms with van der Waals surface area (Å²) in [5.41, 5.74) is -0.493. The Bertz CT molecular complexity index is 796. The molecular formula is C14H12ClFN2O2S. The van der Waals surface area contributed by atoms with Crippen molar-refractivity contribution in [3.63, 3.8) is 0 Å². The average Bonchev–Trinajstić information content (AvgIpc) is 2.92. The minimum Gasteiger partial charge on any atom is -0.297 e. The molecule has 0 amide bonds. The molecule has 1 N–H and O–H groups in total. The highest BCUT2D eigenvalue weighted by Gasteiger charge is 2.24. The molecule has 0 radical (unpaired) electrons. The van der Waals surface area contributed by atoms with Gasteiger partial charge in [0.1, 0.15) is 11.0 Å². The van der Waals surface area contributed by atoms with E-state index in [2.05, 4.69) is 4.98 Å². The third-order valence-electron chi connectivity index (χ3n) is 3.47. The monoisotopic (exact) mass is 326 g/mol. The summed E-state index contributed by atoms with van der Waals surface area (Å²) in [6.07, 6.45) is 0.762. The van der Waals surface area contributed by atoms with Gasteiger partial charge < -0.3 is 0 Å². The van der Waals surface area contributed by atoms with Crippen LogP contribution >= 0.6 is 23.4 Å². The number of rotatable bonds is 2. The zero-order valence-electron chi connectivity index (χ0n) is 10.9. The Kier molecular flexibility index (Phi) is 3.91. The van der Waals surface area contributed by atoms with E-state index in [-0.39, 0.29) is 16.8 Å². The third kappa shape index (κ3) is 2.65. The number of hydrogen-bond acceptors (Lipinski definition) is 3. The SMILES string of the molecule is O=c1[nH]c(Cl)c(-c2cccc(F)c2)c(=O)n1C1CCSC1. The van der Waals surface area contributed by atoms with Crippen LogP contribution in [-0.2, 0) is 0 Å². The lowest BCUT2D eigenvalue weighted by molar-refractivity contribution is 0.515. The first kappa shape index (κ1) is 14.4. The predicted octanol–water partition coefficient (Wildman–Crippen LogP) is 2.67. The summed E-state index contributed by atoms with van der Waals surface area (Å²) in [5, 5.41) is -0.0579. The zero-order chi connectivity index (χ0) is 15.0. The summed E-state index contributed by atoms with van der Waals surface area (Å²) in [6, 6.07) is 5.47. The van der Waals surface area contributed by atoms with E-state index >= 15 is 0 Å². The maximum atomic E-state index is 13.4. The number of nitrogens with one attached hydrogen (secondary N) is 1. The minimum atomic E-state index is -0.516. The largest absolute Gasteiger partial charge is 0.329 e. The van der Waals surface area contributed by atoms with Gasteiger partial charge in [0.25, 0.3) is 5.56 Å². The van der Waals surface area contributed by atoms with E-state index in [1.807, 2.05) is 0 Å². The van der Waals surface area contributed by atoms with E-state index in [1.165, 1.54) is 22.8 Å². The van der Waals surface area contributed by atoms with Crippen molar-refractivity contribution in [3.8, 4) is 11.1 Å². The van der Waals surface area contributed by atoms with Gasteiger partial charge in [-0.05, 0) is 29.9 Å². The molecular weight excluding hydrogens is 315 g/mol. The molecule has 1 fully saturated rings. The van der Waals surface area contributed by atoms with Crippen LogP contribution in [-0.4, -0.2) is 21.1 Å². The molecule has 4 nitrogen and oxygen atoms in total. The number of nitrogens with zero attached hydrogens (tertiary/aromatic N) is 1. The number of hydrogen-bond donors (Lipinski definition) is 1. The Morgan fingerprint density at radius 2 is 2.19 bits per heavy atom. The van der Waals surface area contributed by atoms with Gasteiger partial charge in [-0.2, -0.15) is 11.8 Å². The molecule has 1 aromatic carbocycles. The van der Waals surface area contributed by atoms with Crippen LogP contribution in [0.15, 0.2) is 33.9 Å². The van der Waals surface area contributed by atoms with Crippen LogP contribution < -0.4 is 11.2 Å². The van der Waals surface area contributed by atoms with Gasteiger partial charge >= 0.3 is 5.69 Å². The second-order valence-corrected chi connectivity index (χ2v) is 6.35. The second kappa shape index (κ2) is 5.69. The van der Waals surface area contributed by atoms with Gasteiger partial charge in [0.15, 0.2) is 0 Å². The van der Waals surface area contributed by atoms with Crippen molar-refractivity contribution >= 4 is 23.4 Å². The molecule has 21 heavy (non-hydrogen) atoms. The molecule has 1 aromatic heterocycles. The van der Waals surface area contributed by atoms with Gasteiger partial charge in [-0.3, -0.25) is 14.3 Å². The summed E-state index contributed by atoms with van der Waals surface area (Å²) in [5.74, 6) is 1.17. The van der Waals surface area contributed by atoms with Crippen molar-refractivity contribution in [3.05, 3.63) is 56.1 Å². The summed E-state index contributed by atoms with van der Waals surface area (Å²) in [6.45, 7) is 0. The molecule has 7 heteroatoms. The van der Waals surface area contributed by atoms with Gasteiger partial charge in [0.05, 0.1) is 11.6 Å². The van der Waals surface area contributed by atoms with Crippen LogP contribution in [0.2, 0.25) is 5.15 Å². The van der Waals surface area contributed by atoms with Crippen LogP contribution in [0.3, 0.4) is 0 Å². The Balaban J connectivity index is 2.24. The Labute approximate surface area is 129 Å². The number of halogens is 2. The van der Waals surface area contributed by atoms with Crippen molar-refractivity contribution in [1.82, 2.24) is 9.55 Å². The molecule has 0 saturated carbocycles. The summed E-state index contributed by atoms with van der Waals surface area (Å²) in [7, 11) is 0. The Hall–Kier alpha value is -1.53. The first-order valence-corrected chi connectivity index (χ1v) is 7.99. The lowest BCUT2D eigenvalue weighted by atomic mass is 10.1. The maximum Gasteiger partial charge on any atom is 0.329 e. The van der Waals surface area contributed by atoms with Crippen LogP contribution in [0.1, 0.15) is 12.5 Å². The highest BCUT2D eigenvalue weighted by molar-refractivity contribution is 7.99. The topological polar surface area (TPSA) is 54.9 Å². The molecule has 1 unspecified atom stereocenters. The summed E-state index contributed by atoms with van der Waals surface area (Å²) < 4.78 is 14.6. The van der Waals surface area contributed by atoms with Crippen LogP contribution in [0.4, 0.5) is 4.39 Å². The molecule has 2 heterocycles. The van der Waals surface area contributed by atoms with Crippen molar-refractivity contribution < 1.29 is 4.39 Å². The molecule has 1 aliphatic rings. The Morgan fingerprint density at radius 3 is 2.86 bits per heavy atom. The predicted molar refractivity (Wildman–Crippen MR) is 82.7 cm³/mol. The van der Waals surface area contributed by atoms with Crippen molar-refractivity contribution in [2.75, 3.05) is 11.5 Å². The van der Waals surface area contributed by atoms with Gasteiger partial charge in [-0.15, -0.1) is 0 Å². The molecule has 110 valence electrons. The number of thioether (sulfide) groups is 1. The smallest absolute Gasteiger partial charge is 0.297 e. The fourth-order valence-electron chi connectivity index (χ4n) is 2.47. The van der Waals surface area contributed by atoms with E-state index in [4.69, 9.17) is 11.6 Å². The highest BCUT2D eigenvalue weighted by atomic mass is 35.5. The highest BCUT2D eigenvalue weighted by Crippen LogP contribution is 2.27. The molecule has 0 bridgehead atoms. The first-order chi connectivity index (χ1) is 10.1. The van der Waals surface area contributed by atoms with Crippen molar-refractivity contribution in [1.29, 1.82) is 0 Å². The van der Waals surface area contributed by atoms with Crippen LogP contribution in [0.5, 0.6) is 0 Å². The lowest BCUT2D eigenvalue weighted by Crippen LogP contribution is -2.39. The van der Waals surface area contributed by atoms with Crippen molar-refractivity contribution in [2.24, 2.45) is 0 Å². The summed E-state index contributed by atoms with van der Waals surface area (Å²) >= 11 is 7.70. The lowest BCUT2D eigenvalue weighted by Gasteiger charge is -2.14. The third-order valence-corrected chi connectivity index (χ3v) is 4.90. The maximum absolute atomic E-state index is 13.4. The van der Waals surface area contributed by atoms with Crippen LogP contribution in [0, 0.1) is 5.82 Å². The normalized spacial score (nSPS) is 18.1. The molecule has 2 aromatic rings. The zero-order valence-corrected chi connectivity index (χ0v) is 12.5. The number of benzene rings is 1. The van der Waals surface area contributed by atoms with Gasteiger partial charge in [-0.25, -0.2) is 9.18 Å². The van der Waals surface area contributed by atoms with Crippen LogP contribution in [0.25, 0.3) is 11.1 Å². The fourth-order valence-corrected chi connectivity index (χ4v) is 3.94. The number of aromatic nitrogens is 2. The molecule has 1 aliphatic heterocycles. The fraction of sp³-hybridized carbons (Fsp3) is 0.286. The Morgan fingerprint density at radius 1 is 1.38 bits per heavy atom. The molecule has 1 atom stereocenters. The van der Waals surface area contributed by atoms with Gasteiger partial charge in [0, 0.05) is 5.75 Å².